The van der Waals surface area contributed by atoms with E-state index in [0.717, 1.165) is 21.7 Å². The number of nitrogens with two attached hydrogens (primary N) is 1. The number of methoxy groups -OCH3 is 2. The molecule has 0 bridgehead atoms. The van der Waals surface area contributed by atoms with E-state index in [0.29, 0.717) is 11.6 Å². The summed E-state index contributed by atoms with van der Waals surface area (Å²) in [5.74, 6) is 2.28. The van der Waals surface area contributed by atoms with Gasteiger partial charge in [-0.3, -0.25) is 0 Å². The van der Waals surface area contributed by atoms with Crippen molar-refractivity contribution in [2.45, 2.75) is 0 Å². The van der Waals surface area contributed by atoms with Gasteiger partial charge in [0.05, 0.1) is 25.3 Å². The van der Waals surface area contributed by atoms with Crippen LogP contribution in [-0.4, -0.2) is 24.2 Å². The van der Waals surface area contributed by atoms with Crippen LogP contribution in [0.3, 0.4) is 0 Å². The Balaban J connectivity index is 2.04. The summed E-state index contributed by atoms with van der Waals surface area (Å²) in [6.07, 6.45) is 0. The minimum Gasteiger partial charge on any atom is -0.497 e. The van der Waals surface area contributed by atoms with Crippen LogP contribution in [0.15, 0.2) is 29.6 Å². The van der Waals surface area contributed by atoms with Crippen molar-refractivity contribution in [3.05, 3.63) is 29.6 Å². The monoisotopic (exact) mass is 302 g/mol. The molecule has 0 aliphatic heterocycles. The number of benzene rings is 1. The van der Waals surface area contributed by atoms with Gasteiger partial charge in [0.1, 0.15) is 22.1 Å². The van der Waals surface area contributed by atoms with Crippen molar-refractivity contribution in [1.29, 1.82) is 0 Å². The van der Waals surface area contributed by atoms with Gasteiger partial charge in [-0.2, -0.15) is 4.98 Å². The maximum Gasteiger partial charge on any atom is 0.223 e. The Hall–Kier alpha value is -2.54. The van der Waals surface area contributed by atoms with Gasteiger partial charge in [-0.1, -0.05) is 0 Å². The Bertz CT molecular complexity index is 788. The Morgan fingerprint density at radius 1 is 1.14 bits per heavy atom. The number of rotatable bonds is 4. The molecule has 3 aromatic rings. The van der Waals surface area contributed by atoms with E-state index in [4.69, 9.17) is 15.2 Å². The molecule has 0 radical (unpaired) electrons. The smallest absolute Gasteiger partial charge is 0.223 e. The van der Waals surface area contributed by atoms with Crippen molar-refractivity contribution in [2.24, 2.45) is 0 Å². The van der Waals surface area contributed by atoms with Crippen LogP contribution in [0.5, 0.6) is 11.5 Å². The van der Waals surface area contributed by atoms with Crippen LogP contribution >= 0.6 is 11.3 Å². The molecule has 3 rings (SSSR count). The van der Waals surface area contributed by atoms with Crippen molar-refractivity contribution in [1.82, 2.24) is 9.97 Å². The summed E-state index contributed by atoms with van der Waals surface area (Å²) in [5.41, 5.74) is 6.53. The van der Waals surface area contributed by atoms with Gasteiger partial charge in [0, 0.05) is 6.07 Å². The van der Waals surface area contributed by atoms with Crippen LogP contribution in [-0.2, 0) is 0 Å². The average Bonchev–Trinajstić information content (AvgIpc) is 2.96. The molecule has 0 fully saturated rings. The van der Waals surface area contributed by atoms with E-state index in [-0.39, 0.29) is 5.95 Å². The zero-order valence-corrected chi connectivity index (χ0v) is 12.4. The number of hydrogen-bond donors (Lipinski definition) is 2. The second-order valence-electron chi connectivity index (χ2n) is 4.26. The number of anilines is 3. The van der Waals surface area contributed by atoms with Gasteiger partial charge in [-0.05, 0) is 23.6 Å². The maximum absolute atomic E-state index is 5.75. The number of ether oxygens (including phenoxy) is 2. The van der Waals surface area contributed by atoms with Crippen molar-refractivity contribution >= 4 is 39.0 Å². The highest BCUT2D eigenvalue weighted by molar-refractivity contribution is 7.16. The van der Waals surface area contributed by atoms with Gasteiger partial charge in [0.2, 0.25) is 5.95 Å². The minimum absolute atomic E-state index is 0.236. The van der Waals surface area contributed by atoms with Crippen molar-refractivity contribution < 1.29 is 9.47 Å². The lowest BCUT2D eigenvalue weighted by Gasteiger charge is -2.12. The summed E-state index contributed by atoms with van der Waals surface area (Å²) >= 11 is 1.52. The molecule has 21 heavy (non-hydrogen) atoms. The van der Waals surface area contributed by atoms with E-state index in [9.17, 15) is 0 Å². The molecule has 7 heteroatoms. The Labute approximate surface area is 125 Å². The van der Waals surface area contributed by atoms with Gasteiger partial charge in [0.25, 0.3) is 0 Å². The zero-order valence-electron chi connectivity index (χ0n) is 11.6. The summed E-state index contributed by atoms with van der Waals surface area (Å²) in [4.78, 5) is 9.31. The molecule has 0 amide bonds. The first-order valence-corrected chi connectivity index (χ1v) is 7.09. The molecule has 0 aliphatic rings. The highest BCUT2D eigenvalue weighted by Crippen LogP contribution is 2.34. The Kier molecular flexibility index (Phi) is 3.49. The fourth-order valence-corrected chi connectivity index (χ4v) is 2.77. The van der Waals surface area contributed by atoms with E-state index in [1.807, 2.05) is 23.6 Å². The lowest BCUT2D eigenvalue weighted by atomic mass is 10.2. The normalized spacial score (nSPS) is 10.6. The number of nitrogen functional groups attached to an aromatic ring is 1. The molecule has 3 N–H and O–H groups in total. The highest BCUT2D eigenvalue weighted by Gasteiger charge is 2.11. The van der Waals surface area contributed by atoms with Crippen LogP contribution < -0.4 is 20.5 Å². The molecule has 0 atom stereocenters. The number of nitrogens with zero attached hydrogens (tertiary/aromatic N) is 2. The molecular weight excluding hydrogens is 288 g/mol. The van der Waals surface area contributed by atoms with Crippen LogP contribution in [0.2, 0.25) is 0 Å². The maximum atomic E-state index is 5.75. The SMILES string of the molecule is COc1ccc(Nc2nc(N)nc3sccc23)c(OC)c1. The number of aromatic nitrogens is 2. The number of hydrogen-bond acceptors (Lipinski definition) is 7. The van der Waals surface area contributed by atoms with Gasteiger partial charge in [-0.25, -0.2) is 4.98 Å². The summed E-state index contributed by atoms with van der Waals surface area (Å²) < 4.78 is 10.6. The molecule has 0 unspecified atom stereocenters. The van der Waals surface area contributed by atoms with Crippen molar-refractivity contribution in [2.75, 3.05) is 25.3 Å². The summed E-state index contributed by atoms with van der Waals surface area (Å²) in [6.45, 7) is 0. The van der Waals surface area contributed by atoms with Crippen molar-refractivity contribution in [3.8, 4) is 11.5 Å². The molecule has 1 aromatic carbocycles. The number of thiophene rings is 1. The van der Waals surface area contributed by atoms with Gasteiger partial charge >= 0.3 is 0 Å². The van der Waals surface area contributed by atoms with Crippen LogP contribution in [0.4, 0.5) is 17.5 Å². The van der Waals surface area contributed by atoms with E-state index in [1.54, 1.807) is 20.3 Å². The quantitative estimate of drug-likeness (QED) is 0.771. The average molecular weight is 302 g/mol. The second-order valence-corrected chi connectivity index (χ2v) is 5.16. The fraction of sp³-hybridized carbons (Fsp3) is 0.143. The van der Waals surface area contributed by atoms with E-state index in [1.165, 1.54) is 11.3 Å². The van der Waals surface area contributed by atoms with E-state index < -0.39 is 0 Å². The van der Waals surface area contributed by atoms with Gasteiger partial charge in [0.15, 0.2) is 0 Å². The first-order chi connectivity index (χ1) is 10.2. The van der Waals surface area contributed by atoms with Crippen molar-refractivity contribution in [3.63, 3.8) is 0 Å². The lowest BCUT2D eigenvalue weighted by molar-refractivity contribution is 0.395. The molecule has 0 saturated carbocycles. The first kappa shape index (κ1) is 13.4. The Morgan fingerprint density at radius 3 is 2.76 bits per heavy atom. The largest absolute Gasteiger partial charge is 0.497 e. The van der Waals surface area contributed by atoms with Crippen LogP contribution in [0, 0.1) is 0 Å². The molecule has 0 aliphatic carbocycles. The molecule has 0 saturated heterocycles. The fourth-order valence-electron chi connectivity index (χ4n) is 2.00. The zero-order chi connectivity index (χ0) is 14.8. The highest BCUT2D eigenvalue weighted by atomic mass is 32.1. The van der Waals surface area contributed by atoms with Gasteiger partial charge in [-0.15, -0.1) is 11.3 Å². The third-order valence-electron chi connectivity index (χ3n) is 3.00. The lowest BCUT2D eigenvalue weighted by Crippen LogP contribution is -2.01. The molecule has 2 aromatic heterocycles. The Morgan fingerprint density at radius 2 is 2.00 bits per heavy atom. The first-order valence-electron chi connectivity index (χ1n) is 6.21. The molecule has 108 valence electrons. The topological polar surface area (TPSA) is 82.3 Å². The second kappa shape index (κ2) is 5.45. The standard InChI is InChI=1S/C14H14N4O2S/c1-19-8-3-4-10(11(7-8)20-2)16-12-9-5-6-21-13(9)18-14(15)17-12/h3-7H,1-2H3,(H3,15,16,17,18). The summed E-state index contributed by atoms with van der Waals surface area (Å²) in [7, 11) is 3.22. The third-order valence-corrected chi connectivity index (χ3v) is 3.81. The molecular formula is C14H14N4O2S. The van der Waals surface area contributed by atoms with E-state index in [2.05, 4.69) is 15.3 Å². The molecule has 0 spiro atoms. The minimum atomic E-state index is 0.236. The predicted molar refractivity (Wildman–Crippen MR) is 84.7 cm³/mol. The number of fused-ring (bicyclic) bond motifs is 1. The summed E-state index contributed by atoms with van der Waals surface area (Å²) in [5, 5.41) is 6.12. The number of nitrogens with one attached hydrogen (secondary N) is 1. The third kappa shape index (κ3) is 2.55. The summed E-state index contributed by atoms with van der Waals surface area (Å²) in [6, 6.07) is 7.48. The van der Waals surface area contributed by atoms with Gasteiger partial charge < -0.3 is 20.5 Å². The van der Waals surface area contributed by atoms with E-state index >= 15 is 0 Å². The van der Waals surface area contributed by atoms with Crippen LogP contribution in [0.1, 0.15) is 0 Å². The molecule has 6 nitrogen and oxygen atoms in total. The molecule has 2 heterocycles. The van der Waals surface area contributed by atoms with Crippen LogP contribution in [0.25, 0.3) is 10.2 Å². The predicted octanol–water partition coefficient (Wildman–Crippen LogP) is 3.03.